The van der Waals surface area contributed by atoms with Crippen LogP contribution in [0.3, 0.4) is 0 Å². The van der Waals surface area contributed by atoms with E-state index in [0.717, 1.165) is 21.0 Å². The van der Waals surface area contributed by atoms with Gasteiger partial charge >= 0.3 is 0 Å². The lowest BCUT2D eigenvalue weighted by molar-refractivity contribution is 0.0960. The molecule has 21 heavy (non-hydrogen) atoms. The fraction of sp³-hybridized carbons (Fsp3) is 0.125. The van der Waals surface area contributed by atoms with Crippen LogP contribution in [0.1, 0.15) is 15.9 Å². The first-order valence-electron chi connectivity index (χ1n) is 6.51. The zero-order valence-corrected chi connectivity index (χ0v) is 12.8. The van der Waals surface area contributed by atoms with Gasteiger partial charge in [-0.3, -0.25) is 4.79 Å². The van der Waals surface area contributed by atoms with Gasteiger partial charge in [0, 0.05) is 41.4 Å². The van der Waals surface area contributed by atoms with Gasteiger partial charge < -0.3 is 16.0 Å². The predicted octanol–water partition coefficient (Wildman–Crippen LogP) is 3.24. The highest BCUT2D eigenvalue weighted by Crippen LogP contribution is 2.32. The van der Waals surface area contributed by atoms with Gasteiger partial charge in [-0.25, -0.2) is 0 Å². The van der Waals surface area contributed by atoms with Crippen molar-refractivity contribution in [3.8, 4) is 0 Å². The van der Waals surface area contributed by atoms with Gasteiger partial charge in [0.25, 0.3) is 5.91 Å². The van der Waals surface area contributed by atoms with E-state index >= 15 is 0 Å². The third-order valence-electron chi connectivity index (χ3n) is 3.04. The Kier molecular flexibility index (Phi) is 5.00. The predicted molar refractivity (Wildman–Crippen MR) is 87.8 cm³/mol. The third kappa shape index (κ3) is 3.44. The molecule has 1 amide bonds. The van der Waals surface area contributed by atoms with E-state index in [-0.39, 0.29) is 5.91 Å². The van der Waals surface area contributed by atoms with Crippen LogP contribution in [0.2, 0.25) is 0 Å². The fourth-order valence-electron chi connectivity index (χ4n) is 1.95. The molecule has 0 aliphatic carbocycles. The van der Waals surface area contributed by atoms with E-state index in [2.05, 4.69) is 10.6 Å². The van der Waals surface area contributed by atoms with Crippen molar-refractivity contribution in [3.05, 3.63) is 53.6 Å². The van der Waals surface area contributed by atoms with E-state index < -0.39 is 0 Å². The molecule has 0 fully saturated rings. The number of rotatable bonds is 5. The molecule has 0 spiro atoms. The van der Waals surface area contributed by atoms with Gasteiger partial charge in [0.2, 0.25) is 0 Å². The van der Waals surface area contributed by atoms with Crippen molar-refractivity contribution in [1.82, 2.24) is 5.32 Å². The molecule has 0 unspecified atom stereocenters. The number of anilines is 1. The summed E-state index contributed by atoms with van der Waals surface area (Å²) in [7, 11) is 3.46. The van der Waals surface area contributed by atoms with Gasteiger partial charge in [0.1, 0.15) is 0 Å². The SMILES string of the molecule is CNC(=O)c1ccccc1Sc1ccc(C=N)c(NC)c1. The maximum Gasteiger partial charge on any atom is 0.252 e. The van der Waals surface area contributed by atoms with E-state index in [9.17, 15) is 4.79 Å². The summed E-state index contributed by atoms with van der Waals surface area (Å²) in [4.78, 5) is 13.8. The molecule has 2 rings (SSSR count). The second kappa shape index (κ2) is 6.95. The quantitative estimate of drug-likeness (QED) is 0.743. The summed E-state index contributed by atoms with van der Waals surface area (Å²) >= 11 is 1.53. The minimum atomic E-state index is -0.0944. The van der Waals surface area contributed by atoms with Crippen molar-refractivity contribution in [2.75, 3.05) is 19.4 Å². The summed E-state index contributed by atoms with van der Waals surface area (Å²) in [6.45, 7) is 0. The van der Waals surface area contributed by atoms with Crippen LogP contribution in [0.15, 0.2) is 52.3 Å². The Morgan fingerprint density at radius 1 is 1.19 bits per heavy atom. The first-order valence-corrected chi connectivity index (χ1v) is 7.32. The molecule has 5 heteroatoms. The Bertz CT molecular complexity index is 670. The lowest BCUT2D eigenvalue weighted by Crippen LogP contribution is -2.18. The molecule has 2 aromatic carbocycles. The van der Waals surface area contributed by atoms with Crippen LogP contribution in [-0.4, -0.2) is 26.2 Å². The van der Waals surface area contributed by atoms with Crippen LogP contribution in [-0.2, 0) is 0 Å². The number of carbonyl (C=O) groups excluding carboxylic acids is 1. The standard InChI is InChI=1S/C16H17N3OS/c1-18-14-9-12(8-7-11(14)10-17)21-15-6-4-3-5-13(15)16(20)19-2/h3-10,17-18H,1-2H3,(H,19,20). The van der Waals surface area contributed by atoms with Gasteiger partial charge in [0.15, 0.2) is 0 Å². The Morgan fingerprint density at radius 3 is 2.62 bits per heavy atom. The van der Waals surface area contributed by atoms with Crippen LogP contribution in [0.5, 0.6) is 0 Å². The summed E-state index contributed by atoms with van der Waals surface area (Å²) in [6.07, 6.45) is 1.32. The molecule has 2 aromatic rings. The zero-order valence-electron chi connectivity index (χ0n) is 11.9. The average molecular weight is 299 g/mol. The van der Waals surface area contributed by atoms with Crippen molar-refractivity contribution < 1.29 is 4.79 Å². The molecule has 0 saturated heterocycles. The fourth-order valence-corrected chi connectivity index (χ4v) is 2.93. The zero-order chi connectivity index (χ0) is 15.2. The van der Waals surface area contributed by atoms with Crippen molar-refractivity contribution >= 4 is 29.6 Å². The minimum Gasteiger partial charge on any atom is -0.388 e. The summed E-state index contributed by atoms with van der Waals surface area (Å²) < 4.78 is 0. The van der Waals surface area contributed by atoms with Gasteiger partial charge in [-0.05, 0) is 24.3 Å². The first kappa shape index (κ1) is 15.1. The van der Waals surface area contributed by atoms with Gasteiger partial charge in [-0.15, -0.1) is 0 Å². The molecule has 0 bridgehead atoms. The van der Waals surface area contributed by atoms with Crippen molar-refractivity contribution in [2.24, 2.45) is 0 Å². The number of hydrogen-bond acceptors (Lipinski definition) is 4. The third-order valence-corrected chi connectivity index (χ3v) is 4.10. The van der Waals surface area contributed by atoms with Crippen LogP contribution >= 0.6 is 11.8 Å². The first-order chi connectivity index (χ1) is 10.2. The molecular weight excluding hydrogens is 282 g/mol. The number of hydrogen-bond donors (Lipinski definition) is 3. The van der Waals surface area contributed by atoms with E-state index in [1.54, 1.807) is 7.05 Å². The average Bonchev–Trinajstić information content (AvgIpc) is 2.54. The van der Waals surface area contributed by atoms with E-state index in [4.69, 9.17) is 5.41 Å². The van der Waals surface area contributed by atoms with E-state index in [1.165, 1.54) is 18.0 Å². The number of carbonyl (C=O) groups is 1. The maximum absolute atomic E-state index is 11.9. The number of benzene rings is 2. The highest BCUT2D eigenvalue weighted by molar-refractivity contribution is 7.99. The molecule has 108 valence electrons. The topological polar surface area (TPSA) is 65.0 Å². The Hall–Kier alpha value is -2.27. The van der Waals surface area contributed by atoms with Gasteiger partial charge in [-0.2, -0.15) is 0 Å². The highest BCUT2D eigenvalue weighted by Gasteiger charge is 2.11. The summed E-state index contributed by atoms with van der Waals surface area (Å²) in [5.41, 5.74) is 2.39. The Morgan fingerprint density at radius 2 is 1.95 bits per heavy atom. The smallest absolute Gasteiger partial charge is 0.252 e. The molecule has 4 nitrogen and oxygen atoms in total. The molecule has 0 radical (unpaired) electrons. The lowest BCUT2D eigenvalue weighted by Gasteiger charge is -2.10. The molecule has 0 aliphatic heterocycles. The maximum atomic E-state index is 11.9. The minimum absolute atomic E-state index is 0.0944. The molecule has 0 heterocycles. The van der Waals surface area contributed by atoms with Crippen LogP contribution < -0.4 is 10.6 Å². The molecule has 0 aliphatic rings. The molecule has 0 atom stereocenters. The second-order valence-corrected chi connectivity index (χ2v) is 5.44. The lowest BCUT2D eigenvalue weighted by atomic mass is 10.2. The van der Waals surface area contributed by atoms with Gasteiger partial charge in [0.05, 0.1) is 5.56 Å². The summed E-state index contributed by atoms with van der Waals surface area (Å²) in [6, 6.07) is 13.3. The number of nitrogens with one attached hydrogen (secondary N) is 3. The van der Waals surface area contributed by atoms with E-state index in [0.29, 0.717) is 5.56 Å². The van der Waals surface area contributed by atoms with Crippen molar-refractivity contribution in [3.63, 3.8) is 0 Å². The largest absolute Gasteiger partial charge is 0.388 e. The molecule has 3 N–H and O–H groups in total. The normalized spacial score (nSPS) is 10.0. The van der Waals surface area contributed by atoms with Crippen LogP contribution in [0.4, 0.5) is 5.69 Å². The molecule has 0 saturated carbocycles. The van der Waals surface area contributed by atoms with Crippen LogP contribution in [0, 0.1) is 5.41 Å². The van der Waals surface area contributed by atoms with Crippen molar-refractivity contribution in [1.29, 1.82) is 5.41 Å². The Labute approximate surface area is 128 Å². The van der Waals surface area contributed by atoms with Crippen LogP contribution in [0.25, 0.3) is 0 Å². The van der Waals surface area contributed by atoms with Crippen molar-refractivity contribution in [2.45, 2.75) is 9.79 Å². The second-order valence-electron chi connectivity index (χ2n) is 4.32. The number of amides is 1. The van der Waals surface area contributed by atoms with Gasteiger partial charge in [-0.1, -0.05) is 30.0 Å². The monoisotopic (exact) mass is 299 g/mol. The summed E-state index contributed by atoms with van der Waals surface area (Å²) in [5, 5.41) is 13.1. The molecule has 0 aromatic heterocycles. The Balaban J connectivity index is 2.34. The molecular formula is C16H17N3OS. The highest BCUT2D eigenvalue weighted by atomic mass is 32.2. The summed E-state index contributed by atoms with van der Waals surface area (Å²) in [5.74, 6) is -0.0944. The van der Waals surface area contributed by atoms with E-state index in [1.807, 2.05) is 49.5 Å².